The maximum Gasteiger partial charge on any atom is 0.228 e. The molecule has 1 aromatic heterocycles. The van der Waals surface area contributed by atoms with E-state index in [1.54, 1.807) is 13.1 Å². The van der Waals surface area contributed by atoms with Crippen LogP contribution >= 0.6 is 0 Å². The molecule has 0 spiro atoms. The van der Waals surface area contributed by atoms with Gasteiger partial charge in [0.2, 0.25) is 5.91 Å². The van der Waals surface area contributed by atoms with Crippen LogP contribution in [0.5, 0.6) is 0 Å². The van der Waals surface area contributed by atoms with Crippen molar-refractivity contribution in [3.05, 3.63) is 35.4 Å². The normalized spacial score (nSPS) is 14.9. The summed E-state index contributed by atoms with van der Waals surface area (Å²) in [5.41, 5.74) is 3.34. The molecular formula is C16H20FN5O. The molecule has 23 heavy (non-hydrogen) atoms. The molecule has 122 valence electrons. The van der Waals surface area contributed by atoms with Gasteiger partial charge in [-0.15, -0.1) is 5.10 Å². The molecule has 3 rings (SSSR count). The lowest BCUT2D eigenvalue weighted by molar-refractivity contribution is -0.118. The summed E-state index contributed by atoms with van der Waals surface area (Å²) in [6.07, 6.45) is 0.388. The Labute approximate surface area is 134 Å². The van der Waals surface area contributed by atoms with Crippen LogP contribution in [0.3, 0.4) is 0 Å². The maximum atomic E-state index is 13.6. The molecule has 0 atom stereocenters. The van der Waals surface area contributed by atoms with Gasteiger partial charge in [0, 0.05) is 26.6 Å². The average Bonchev–Trinajstić information content (AvgIpc) is 2.85. The summed E-state index contributed by atoms with van der Waals surface area (Å²) in [5, 5.41) is 8.25. The minimum atomic E-state index is -0.346. The number of aromatic nitrogens is 3. The third-order valence-corrected chi connectivity index (χ3v) is 4.28. The first-order valence-electron chi connectivity index (χ1n) is 7.71. The lowest BCUT2D eigenvalue weighted by Crippen LogP contribution is -2.27. The molecule has 6 nitrogen and oxygen atoms in total. The Morgan fingerprint density at radius 2 is 2.09 bits per heavy atom. The topological polar surface area (TPSA) is 54.3 Å². The predicted octanol–water partition coefficient (Wildman–Crippen LogP) is 2.12. The minimum Gasteiger partial charge on any atom is -0.363 e. The predicted molar refractivity (Wildman–Crippen MR) is 85.9 cm³/mol. The van der Waals surface area contributed by atoms with Crippen LogP contribution in [0.4, 0.5) is 15.8 Å². The summed E-state index contributed by atoms with van der Waals surface area (Å²) >= 11 is 0. The summed E-state index contributed by atoms with van der Waals surface area (Å²) in [5.74, 6) is -0.361. The van der Waals surface area contributed by atoms with Crippen LogP contribution in [0.2, 0.25) is 0 Å². The van der Waals surface area contributed by atoms with Crippen molar-refractivity contribution in [1.82, 2.24) is 15.0 Å². The van der Waals surface area contributed by atoms with Crippen LogP contribution in [-0.4, -0.2) is 34.5 Å². The van der Waals surface area contributed by atoms with Crippen LogP contribution in [0.15, 0.2) is 18.2 Å². The largest absolute Gasteiger partial charge is 0.363 e. The first-order chi connectivity index (χ1) is 11.0. The SMILES string of the molecule is CCn1nnc(C)c1CN1CCC(=O)N(C)c2cc(F)ccc21. The van der Waals surface area contributed by atoms with Gasteiger partial charge in [-0.25, -0.2) is 9.07 Å². The van der Waals surface area contributed by atoms with Crippen molar-refractivity contribution in [3.63, 3.8) is 0 Å². The van der Waals surface area contributed by atoms with E-state index in [1.165, 1.54) is 17.0 Å². The second-order valence-electron chi connectivity index (χ2n) is 5.69. The number of carbonyl (C=O) groups is 1. The quantitative estimate of drug-likeness (QED) is 0.870. The lowest BCUT2D eigenvalue weighted by atomic mass is 10.2. The van der Waals surface area contributed by atoms with E-state index in [0.29, 0.717) is 25.2 Å². The Morgan fingerprint density at radius 1 is 1.30 bits per heavy atom. The number of amides is 1. The number of aryl methyl sites for hydroxylation is 2. The van der Waals surface area contributed by atoms with Gasteiger partial charge in [-0.3, -0.25) is 4.79 Å². The van der Waals surface area contributed by atoms with Gasteiger partial charge in [-0.2, -0.15) is 0 Å². The van der Waals surface area contributed by atoms with Crippen molar-refractivity contribution in [2.24, 2.45) is 0 Å². The van der Waals surface area contributed by atoms with E-state index in [2.05, 4.69) is 15.2 Å². The van der Waals surface area contributed by atoms with Gasteiger partial charge < -0.3 is 9.80 Å². The molecular weight excluding hydrogens is 297 g/mol. The smallest absolute Gasteiger partial charge is 0.228 e. The molecule has 2 heterocycles. The van der Waals surface area contributed by atoms with Crippen LogP contribution < -0.4 is 9.80 Å². The molecule has 0 N–H and O–H groups in total. The van der Waals surface area contributed by atoms with Crippen LogP contribution in [-0.2, 0) is 17.9 Å². The number of hydrogen-bond acceptors (Lipinski definition) is 4. The molecule has 0 aliphatic carbocycles. The fourth-order valence-electron chi connectivity index (χ4n) is 2.90. The highest BCUT2D eigenvalue weighted by molar-refractivity contribution is 5.98. The van der Waals surface area contributed by atoms with E-state index in [0.717, 1.165) is 23.6 Å². The average molecular weight is 317 g/mol. The van der Waals surface area contributed by atoms with Crippen molar-refractivity contribution < 1.29 is 9.18 Å². The first-order valence-corrected chi connectivity index (χ1v) is 7.71. The monoisotopic (exact) mass is 317 g/mol. The molecule has 0 fully saturated rings. The van der Waals surface area contributed by atoms with E-state index < -0.39 is 0 Å². The molecule has 0 unspecified atom stereocenters. The highest BCUT2D eigenvalue weighted by Crippen LogP contribution is 2.33. The summed E-state index contributed by atoms with van der Waals surface area (Å²) in [4.78, 5) is 15.8. The zero-order valence-corrected chi connectivity index (χ0v) is 13.6. The van der Waals surface area contributed by atoms with E-state index in [4.69, 9.17) is 0 Å². The van der Waals surface area contributed by atoms with E-state index in [1.807, 2.05) is 18.5 Å². The fourth-order valence-corrected chi connectivity index (χ4v) is 2.90. The fraction of sp³-hybridized carbons (Fsp3) is 0.438. The van der Waals surface area contributed by atoms with Crippen molar-refractivity contribution in [1.29, 1.82) is 0 Å². The molecule has 1 aromatic carbocycles. The number of fused-ring (bicyclic) bond motifs is 1. The van der Waals surface area contributed by atoms with Crippen molar-refractivity contribution in [2.75, 3.05) is 23.4 Å². The Morgan fingerprint density at radius 3 is 2.83 bits per heavy atom. The molecule has 1 aliphatic rings. The lowest BCUT2D eigenvalue weighted by Gasteiger charge is -2.25. The molecule has 0 radical (unpaired) electrons. The van der Waals surface area contributed by atoms with Crippen LogP contribution in [0, 0.1) is 12.7 Å². The van der Waals surface area contributed by atoms with E-state index in [9.17, 15) is 9.18 Å². The Balaban J connectivity index is 2.01. The summed E-state index contributed by atoms with van der Waals surface area (Å²) < 4.78 is 15.5. The van der Waals surface area contributed by atoms with Gasteiger partial charge in [0.15, 0.2) is 0 Å². The molecule has 0 bridgehead atoms. The van der Waals surface area contributed by atoms with Crippen molar-refractivity contribution in [3.8, 4) is 0 Å². The zero-order chi connectivity index (χ0) is 16.6. The minimum absolute atomic E-state index is 0.0156. The van der Waals surface area contributed by atoms with Gasteiger partial charge in [0.1, 0.15) is 5.82 Å². The Hall–Kier alpha value is -2.44. The van der Waals surface area contributed by atoms with Gasteiger partial charge >= 0.3 is 0 Å². The van der Waals surface area contributed by atoms with Crippen LogP contribution in [0.25, 0.3) is 0 Å². The van der Waals surface area contributed by atoms with Crippen molar-refractivity contribution in [2.45, 2.75) is 33.4 Å². The first kappa shape index (κ1) is 15.5. The summed E-state index contributed by atoms with van der Waals surface area (Å²) in [7, 11) is 1.69. The number of rotatable bonds is 3. The molecule has 7 heteroatoms. The van der Waals surface area contributed by atoms with Gasteiger partial charge in [-0.05, 0) is 32.0 Å². The summed E-state index contributed by atoms with van der Waals surface area (Å²) in [6.45, 7) is 5.84. The number of carbonyl (C=O) groups excluding carboxylic acids is 1. The number of nitrogens with zero attached hydrogens (tertiary/aromatic N) is 5. The van der Waals surface area contributed by atoms with Crippen molar-refractivity contribution >= 4 is 17.3 Å². The number of halogens is 1. The zero-order valence-electron chi connectivity index (χ0n) is 13.6. The second kappa shape index (κ2) is 5.98. The van der Waals surface area contributed by atoms with Gasteiger partial charge in [0.05, 0.1) is 29.3 Å². The molecule has 1 amide bonds. The molecule has 0 saturated carbocycles. The standard InChI is InChI=1S/C16H20FN5O/c1-4-22-15(11(2)18-19-22)10-21-8-7-16(23)20(3)14-9-12(17)5-6-13(14)21/h5-6,9H,4,7-8,10H2,1-3H3. The van der Waals surface area contributed by atoms with Gasteiger partial charge in [-0.1, -0.05) is 5.21 Å². The number of benzene rings is 1. The molecule has 2 aromatic rings. The summed E-state index contributed by atoms with van der Waals surface area (Å²) in [6, 6.07) is 4.57. The number of hydrogen-bond donors (Lipinski definition) is 0. The second-order valence-corrected chi connectivity index (χ2v) is 5.69. The van der Waals surface area contributed by atoms with Crippen LogP contribution in [0.1, 0.15) is 24.7 Å². The van der Waals surface area contributed by atoms with E-state index in [-0.39, 0.29) is 11.7 Å². The maximum absolute atomic E-state index is 13.6. The Bertz CT molecular complexity index is 742. The molecule has 1 aliphatic heterocycles. The Kier molecular flexibility index (Phi) is 4.02. The van der Waals surface area contributed by atoms with E-state index >= 15 is 0 Å². The number of anilines is 2. The highest BCUT2D eigenvalue weighted by atomic mass is 19.1. The third-order valence-electron chi connectivity index (χ3n) is 4.28. The van der Waals surface area contributed by atoms with Gasteiger partial charge in [0.25, 0.3) is 0 Å². The third kappa shape index (κ3) is 2.78. The molecule has 0 saturated heterocycles. The highest BCUT2D eigenvalue weighted by Gasteiger charge is 2.25.